The molecule has 152 valence electrons. The van der Waals surface area contributed by atoms with E-state index >= 15 is 0 Å². The predicted octanol–water partition coefficient (Wildman–Crippen LogP) is 5.93. The molecule has 3 unspecified atom stereocenters. The van der Waals surface area contributed by atoms with E-state index in [2.05, 4.69) is 38.0 Å². The van der Waals surface area contributed by atoms with E-state index in [1.54, 1.807) is 17.8 Å². The van der Waals surface area contributed by atoms with Crippen molar-refractivity contribution in [2.24, 2.45) is 11.8 Å². The van der Waals surface area contributed by atoms with E-state index in [-0.39, 0.29) is 23.7 Å². The fourth-order valence-electron chi connectivity index (χ4n) is 2.72. The van der Waals surface area contributed by atoms with Crippen molar-refractivity contribution in [1.82, 2.24) is 0 Å². The van der Waals surface area contributed by atoms with Crippen LogP contribution in [0.2, 0.25) is 0 Å². The summed E-state index contributed by atoms with van der Waals surface area (Å²) in [5.41, 5.74) is 1.76. The van der Waals surface area contributed by atoms with Crippen LogP contribution in [0, 0.1) is 23.7 Å². The van der Waals surface area contributed by atoms with Gasteiger partial charge in [-0.05, 0) is 26.7 Å². The lowest BCUT2D eigenvalue weighted by Gasteiger charge is -2.16. The first kappa shape index (κ1) is 24.3. The summed E-state index contributed by atoms with van der Waals surface area (Å²) < 4.78 is 5.72. The highest BCUT2D eigenvalue weighted by atomic mass is 32.2. The molecule has 0 saturated carbocycles. The zero-order valence-corrected chi connectivity index (χ0v) is 18.4. The lowest BCUT2D eigenvalue weighted by atomic mass is 9.88. The van der Waals surface area contributed by atoms with Crippen LogP contribution in [0.25, 0.3) is 0 Å². The first-order chi connectivity index (χ1) is 13.5. The molecule has 0 aliphatic carbocycles. The van der Waals surface area contributed by atoms with Gasteiger partial charge in [0.25, 0.3) is 0 Å². The maximum Gasteiger partial charge on any atom is 0.165 e. The van der Waals surface area contributed by atoms with Crippen LogP contribution in [0.15, 0.2) is 60.8 Å². The summed E-state index contributed by atoms with van der Waals surface area (Å²) in [6, 6.07) is 0. The quantitative estimate of drug-likeness (QED) is 0.288. The van der Waals surface area contributed by atoms with Gasteiger partial charge in [-0.1, -0.05) is 61.5 Å². The van der Waals surface area contributed by atoms with Gasteiger partial charge >= 0.3 is 0 Å². The molecule has 2 nitrogen and oxygen atoms in total. The van der Waals surface area contributed by atoms with Crippen molar-refractivity contribution in [3.05, 3.63) is 60.8 Å². The zero-order valence-electron chi connectivity index (χ0n) is 17.6. The van der Waals surface area contributed by atoms with Gasteiger partial charge < -0.3 is 4.74 Å². The summed E-state index contributed by atoms with van der Waals surface area (Å²) in [7, 11) is 0. The van der Waals surface area contributed by atoms with Gasteiger partial charge in [0.05, 0.1) is 12.7 Å². The SMILES string of the molecule is C=CC1/C=C\C(C(=O)C(C)CC(=C)C(C)C#CCC/C=C\C)=C/CSCCO1. The Kier molecular flexibility index (Phi) is 12.4. The van der Waals surface area contributed by atoms with E-state index in [4.69, 9.17) is 4.74 Å². The van der Waals surface area contributed by atoms with Crippen molar-refractivity contribution in [2.45, 2.75) is 46.1 Å². The first-order valence-electron chi connectivity index (χ1n) is 10.0. The summed E-state index contributed by atoms with van der Waals surface area (Å²) >= 11 is 1.77. The highest BCUT2D eigenvalue weighted by Crippen LogP contribution is 2.22. The van der Waals surface area contributed by atoms with Gasteiger partial charge in [0.1, 0.15) is 0 Å². The predicted molar refractivity (Wildman–Crippen MR) is 123 cm³/mol. The number of Topliss-reactive ketones (excluding diaryl/α,β-unsaturated/α-hetero) is 1. The number of ketones is 1. The number of hydrogen-bond donors (Lipinski definition) is 0. The fourth-order valence-corrected chi connectivity index (χ4v) is 3.40. The summed E-state index contributed by atoms with van der Waals surface area (Å²) in [5.74, 6) is 8.32. The Morgan fingerprint density at radius 2 is 2.25 bits per heavy atom. The van der Waals surface area contributed by atoms with Gasteiger partial charge in [-0.3, -0.25) is 4.79 Å². The van der Waals surface area contributed by atoms with Gasteiger partial charge in [0.15, 0.2) is 5.78 Å². The molecule has 3 atom stereocenters. The third kappa shape index (κ3) is 9.44. The molecule has 1 aliphatic rings. The second-order valence-electron chi connectivity index (χ2n) is 6.94. The van der Waals surface area contributed by atoms with E-state index in [1.165, 1.54) is 0 Å². The van der Waals surface area contributed by atoms with E-state index in [1.807, 2.05) is 38.2 Å². The third-order valence-electron chi connectivity index (χ3n) is 4.56. The van der Waals surface area contributed by atoms with Crippen molar-refractivity contribution in [3.63, 3.8) is 0 Å². The molecule has 3 heteroatoms. The van der Waals surface area contributed by atoms with Crippen LogP contribution in [-0.4, -0.2) is 30.0 Å². The van der Waals surface area contributed by atoms with Crippen LogP contribution < -0.4 is 0 Å². The van der Waals surface area contributed by atoms with Gasteiger partial charge in [-0.2, -0.15) is 11.8 Å². The number of carbonyl (C=O) groups is 1. The average Bonchev–Trinajstić information content (AvgIpc) is 2.70. The molecule has 1 aliphatic heterocycles. The molecule has 0 aromatic rings. The second kappa shape index (κ2) is 14.3. The van der Waals surface area contributed by atoms with Gasteiger partial charge in [0, 0.05) is 35.3 Å². The van der Waals surface area contributed by atoms with Crippen molar-refractivity contribution >= 4 is 17.5 Å². The molecular weight excluding hydrogens is 364 g/mol. The zero-order chi connectivity index (χ0) is 20.8. The molecule has 0 bridgehead atoms. The maximum absolute atomic E-state index is 13.0. The van der Waals surface area contributed by atoms with Crippen LogP contribution in [0.5, 0.6) is 0 Å². The number of unbranched alkanes of at least 4 members (excludes halogenated alkanes) is 1. The van der Waals surface area contributed by atoms with Crippen molar-refractivity contribution < 1.29 is 9.53 Å². The van der Waals surface area contributed by atoms with E-state index in [0.29, 0.717) is 13.0 Å². The van der Waals surface area contributed by atoms with Gasteiger partial charge in [-0.15, -0.1) is 12.5 Å². The third-order valence-corrected chi connectivity index (χ3v) is 5.42. The Morgan fingerprint density at radius 3 is 2.96 bits per heavy atom. The molecule has 0 N–H and O–H groups in total. The number of thioether (sulfide) groups is 1. The Morgan fingerprint density at radius 1 is 1.46 bits per heavy atom. The van der Waals surface area contributed by atoms with Crippen LogP contribution in [0.3, 0.4) is 0 Å². The highest BCUT2D eigenvalue weighted by molar-refractivity contribution is 7.99. The summed E-state index contributed by atoms with van der Waals surface area (Å²) in [4.78, 5) is 13.0. The van der Waals surface area contributed by atoms with Crippen LogP contribution >= 0.6 is 11.8 Å². The molecule has 28 heavy (non-hydrogen) atoms. The summed E-state index contributed by atoms with van der Waals surface area (Å²) in [5, 5.41) is 0. The topological polar surface area (TPSA) is 26.3 Å². The van der Waals surface area contributed by atoms with Crippen LogP contribution in [0.1, 0.15) is 40.0 Å². The summed E-state index contributed by atoms with van der Waals surface area (Å²) in [6.07, 6.45) is 14.1. The normalized spacial score (nSPS) is 22.8. The van der Waals surface area contributed by atoms with E-state index in [9.17, 15) is 4.79 Å². The Hall–Kier alpha value is -1.76. The van der Waals surface area contributed by atoms with Crippen LogP contribution in [-0.2, 0) is 9.53 Å². The smallest absolute Gasteiger partial charge is 0.165 e. The molecule has 0 aromatic carbocycles. The number of ether oxygens (including phenoxy) is 1. The van der Waals surface area contributed by atoms with Crippen molar-refractivity contribution in [3.8, 4) is 11.8 Å². The molecule has 1 rings (SSSR count). The number of allylic oxidation sites excluding steroid dienone is 5. The Bertz CT molecular complexity index is 672. The minimum absolute atomic E-state index is 0.100. The van der Waals surface area contributed by atoms with Gasteiger partial charge in [-0.25, -0.2) is 0 Å². The molecule has 0 aromatic heterocycles. The fraction of sp³-hybridized carbons (Fsp3) is 0.480. The number of carbonyl (C=O) groups excluding carboxylic acids is 1. The highest BCUT2D eigenvalue weighted by Gasteiger charge is 2.19. The molecule has 0 saturated heterocycles. The van der Waals surface area contributed by atoms with Crippen LogP contribution in [0.4, 0.5) is 0 Å². The molecule has 0 fully saturated rings. The average molecular weight is 399 g/mol. The maximum atomic E-state index is 13.0. The largest absolute Gasteiger partial charge is 0.369 e. The lowest BCUT2D eigenvalue weighted by molar-refractivity contribution is -0.118. The van der Waals surface area contributed by atoms with E-state index in [0.717, 1.165) is 35.5 Å². The van der Waals surface area contributed by atoms with Crippen molar-refractivity contribution in [2.75, 3.05) is 18.1 Å². The second-order valence-corrected chi connectivity index (χ2v) is 8.09. The molecule has 0 amide bonds. The standard InChI is InChI=1S/C25H34O2S/c1-6-8-9-10-11-12-20(3)21(4)19-22(5)25(26)23-13-14-24(7-2)27-16-18-28-17-15-23/h6-8,13-15,20,22,24H,2,4,9-10,16-19H2,1,3,5H3/b8-6-,14-13-,23-15+. The lowest BCUT2D eigenvalue weighted by Crippen LogP contribution is -2.16. The Balaban J connectivity index is 2.70. The molecule has 0 radical (unpaired) electrons. The minimum Gasteiger partial charge on any atom is -0.369 e. The monoisotopic (exact) mass is 398 g/mol. The molecule has 0 spiro atoms. The number of rotatable bonds is 8. The van der Waals surface area contributed by atoms with E-state index < -0.39 is 0 Å². The Labute approximate surface area is 175 Å². The first-order valence-corrected chi connectivity index (χ1v) is 11.2. The number of hydrogen-bond acceptors (Lipinski definition) is 3. The van der Waals surface area contributed by atoms with Gasteiger partial charge in [0.2, 0.25) is 0 Å². The molecular formula is C25H34O2S. The van der Waals surface area contributed by atoms with Crippen molar-refractivity contribution in [1.29, 1.82) is 0 Å². The summed E-state index contributed by atoms with van der Waals surface area (Å²) in [6.45, 7) is 14.7. The minimum atomic E-state index is -0.155. The molecule has 1 heterocycles.